The fourth-order valence-corrected chi connectivity index (χ4v) is 1.94. The van der Waals surface area contributed by atoms with Gasteiger partial charge in [0.15, 0.2) is 0 Å². The molecular weight excluding hydrogens is 273 g/mol. The number of benzene rings is 2. The lowest BCUT2D eigenvalue weighted by atomic mass is 10.2. The Morgan fingerprint density at radius 1 is 1.29 bits per heavy atom. The number of nitrogens with one attached hydrogen (secondary N) is 1. The number of hydrogen-bond acceptors (Lipinski definition) is 3. The number of aromatic carboxylic acids is 1. The Hall–Kier alpha value is -2.56. The molecule has 0 aromatic heterocycles. The van der Waals surface area contributed by atoms with Crippen LogP contribution in [0.2, 0.25) is 0 Å². The Morgan fingerprint density at radius 3 is 2.76 bits per heavy atom. The van der Waals surface area contributed by atoms with Crippen molar-refractivity contribution in [1.29, 1.82) is 0 Å². The molecule has 110 valence electrons. The molecule has 0 saturated carbocycles. The number of anilines is 1. The molecule has 2 N–H and O–H groups in total. The third-order valence-corrected chi connectivity index (χ3v) is 2.98. The zero-order chi connectivity index (χ0) is 15.2. The van der Waals surface area contributed by atoms with Gasteiger partial charge in [0.2, 0.25) is 0 Å². The summed E-state index contributed by atoms with van der Waals surface area (Å²) >= 11 is 0. The van der Waals surface area contributed by atoms with Gasteiger partial charge >= 0.3 is 5.97 Å². The second-order valence-electron chi connectivity index (χ2n) is 4.54. The Kier molecular flexibility index (Phi) is 4.77. The van der Waals surface area contributed by atoms with Crippen molar-refractivity contribution < 1.29 is 19.0 Å². The van der Waals surface area contributed by atoms with Crippen molar-refractivity contribution in [1.82, 2.24) is 0 Å². The van der Waals surface area contributed by atoms with E-state index in [-0.39, 0.29) is 11.4 Å². The van der Waals surface area contributed by atoms with Gasteiger partial charge < -0.3 is 15.2 Å². The number of ether oxygens (including phenoxy) is 1. The van der Waals surface area contributed by atoms with Crippen LogP contribution in [0, 0.1) is 12.7 Å². The molecule has 0 unspecified atom stereocenters. The number of para-hydroxylation sites is 1. The maximum absolute atomic E-state index is 13.0. The zero-order valence-electron chi connectivity index (χ0n) is 11.6. The van der Waals surface area contributed by atoms with E-state index < -0.39 is 5.97 Å². The van der Waals surface area contributed by atoms with Crippen LogP contribution in [0.15, 0.2) is 42.5 Å². The fraction of sp³-hybridized carbons (Fsp3) is 0.188. The first-order valence-corrected chi connectivity index (χ1v) is 6.53. The van der Waals surface area contributed by atoms with E-state index in [4.69, 9.17) is 9.84 Å². The fourth-order valence-electron chi connectivity index (χ4n) is 1.94. The molecule has 0 atom stereocenters. The molecule has 0 aliphatic carbocycles. The summed E-state index contributed by atoms with van der Waals surface area (Å²) in [5.41, 5.74) is 1.77. The normalized spacial score (nSPS) is 10.2. The number of hydrogen-bond donors (Lipinski definition) is 2. The van der Waals surface area contributed by atoms with E-state index in [0.29, 0.717) is 18.9 Å². The summed E-state index contributed by atoms with van der Waals surface area (Å²) < 4.78 is 18.4. The number of carbonyl (C=O) groups is 1. The lowest BCUT2D eigenvalue weighted by Crippen LogP contribution is -2.13. The lowest BCUT2D eigenvalue weighted by Gasteiger charge is -2.12. The molecule has 0 spiro atoms. The molecule has 21 heavy (non-hydrogen) atoms. The molecule has 0 amide bonds. The second-order valence-corrected chi connectivity index (χ2v) is 4.54. The third kappa shape index (κ3) is 3.95. The lowest BCUT2D eigenvalue weighted by molar-refractivity contribution is 0.0692. The molecule has 4 nitrogen and oxygen atoms in total. The minimum atomic E-state index is -1.02. The van der Waals surface area contributed by atoms with Crippen LogP contribution in [0.5, 0.6) is 5.75 Å². The summed E-state index contributed by atoms with van der Waals surface area (Å²) in [5, 5.41) is 12.2. The van der Waals surface area contributed by atoms with Crippen molar-refractivity contribution in [3.8, 4) is 5.75 Å². The highest BCUT2D eigenvalue weighted by Gasteiger charge is 2.09. The minimum Gasteiger partial charge on any atom is -0.491 e. The van der Waals surface area contributed by atoms with Crippen molar-refractivity contribution in [2.75, 3.05) is 18.5 Å². The van der Waals surface area contributed by atoms with E-state index in [1.54, 1.807) is 24.3 Å². The van der Waals surface area contributed by atoms with Gasteiger partial charge in [0, 0.05) is 12.2 Å². The zero-order valence-corrected chi connectivity index (χ0v) is 11.6. The van der Waals surface area contributed by atoms with Gasteiger partial charge in [0.1, 0.15) is 23.7 Å². The van der Waals surface area contributed by atoms with E-state index >= 15 is 0 Å². The quantitative estimate of drug-likeness (QED) is 0.801. The van der Waals surface area contributed by atoms with E-state index in [1.165, 1.54) is 18.2 Å². The monoisotopic (exact) mass is 289 g/mol. The largest absolute Gasteiger partial charge is 0.491 e. The average Bonchev–Trinajstić information content (AvgIpc) is 2.45. The maximum Gasteiger partial charge on any atom is 0.339 e. The highest BCUT2D eigenvalue weighted by Crippen LogP contribution is 2.18. The SMILES string of the molecule is Cc1cc(F)ccc1NCCOc1ccccc1C(=O)O. The summed E-state index contributed by atoms with van der Waals surface area (Å²) in [7, 11) is 0. The first kappa shape index (κ1) is 14.8. The number of carboxylic acids is 1. The van der Waals surface area contributed by atoms with E-state index in [9.17, 15) is 9.18 Å². The number of carboxylic acid groups (broad SMARTS) is 1. The summed E-state index contributed by atoms with van der Waals surface area (Å²) in [6.07, 6.45) is 0. The Morgan fingerprint density at radius 2 is 2.05 bits per heavy atom. The highest BCUT2D eigenvalue weighted by atomic mass is 19.1. The van der Waals surface area contributed by atoms with Crippen molar-refractivity contribution in [3.63, 3.8) is 0 Å². The molecular formula is C16H16FNO3. The van der Waals surface area contributed by atoms with Crippen LogP contribution in [-0.2, 0) is 0 Å². The molecule has 0 saturated heterocycles. The molecule has 0 bridgehead atoms. The summed E-state index contributed by atoms with van der Waals surface area (Å²) in [6.45, 7) is 2.60. The van der Waals surface area contributed by atoms with E-state index in [2.05, 4.69) is 5.32 Å². The first-order valence-electron chi connectivity index (χ1n) is 6.53. The predicted octanol–water partition coefficient (Wildman–Crippen LogP) is 3.32. The molecule has 2 rings (SSSR count). The Bertz CT molecular complexity index is 643. The molecule has 5 heteroatoms. The van der Waals surface area contributed by atoms with Crippen molar-refractivity contribution in [2.45, 2.75) is 6.92 Å². The van der Waals surface area contributed by atoms with Gasteiger partial charge in [-0.1, -0.05) is 12.1 Å². The van der Waals surface area contributed by atoms with Crippen LogP contribution in [0.3, 0.4) is 0 Å². The van der Waals surface area contributed by atoms with E-state index in [0.717, 1.165) is 11.3 Å². The van der Waals surface area contributed by atoms with Gasteiger partial charge in [0.25, 0.3) is 0 Å². The summed E-state index contributed by atoms with van der Waals surface area (Å²) in [5.74, 6) is -0.958. The summed E-state index contributed by atoms with van der Waals surface area (Å²) in [6, 6.07) is 11.0. The van der Waals surface area contributed by atoms with Crippen molar-refractivity contribution >= 4 is 11.7 Å². The molecule has 0 aliphatic rings. The number of aryl methyl sites for hydroxylation is 1. The molecule has 2 aromatic carbocycles. The standard InChI is InChI=1S/C16H16FNO3/c1-11-10-12(17)6-7-14(11)18-8-9-21-15-5-3-2-4-13(15)16(19)20/h2-7,10,18H,8-9H2,1H3,(H,19,20). The number of rotatable bonds is 6. The highest BCUT2D eigenvalue weighted by molar-refractivity contribution is 5.90. The number of halogens is 1. The van der Waals surface area contributed by atoms with Crippen LogP contribution in [-0.4, -0.2) is 24.2 Å². The smallest absolute Gasteiger partial charge is 0.339 e. The Balaban J connectivity index is 1.89. The van der Waals surface area contributed by atoms with Gasteiger partial charge in [-0.3, -0.25) is 0 Å². The van der Waals surface area contributed by atoms with Crippen molar-refractivity contribution in [3.05, 3.63) is 59.4 Å². The topological polar surface area (TPSA) is 58.6 Å². The predicted molar refractivity (Wildman–Crippen MR) is 78.5 cm³/mol. The van der Waals surface area contributed by atoms with Gasteiger partial charge in [-0.15, -0.1) is 0 Å². The molecule has 0 radical (unpaired) electrons. The summed E-state index contributed by atoms with van der Waals surface area (Å²) in [4.78, 5) is 11.0. The Labute approximate surface area is 122 Å². The molecule has 2 aromatic rings. The minimum absolute atomic E-state index is 0.135. The van der Waals surface area contributed by atoms with Crippen molar-refractivity contribution in [2.24, 2.45) is 0 Å². The van der Waals surface area contributed by atoms with Crippen LogP contribution in [0.4, 0.5) is 10.1 Å². The van der Waals surface area contributed by atoms with Gasteiger partial charge in [0.05, 0.1) is 0 Å². The maximum atomic E-state index is 13.0. The van der Waals surface area contributed by atoms with Crippen LogP contribution < -0.4 is 10.1 Å². The van der Waals surface area contributed by atoms with Gasteiger partial charge in [-0.25, -0.2) is 9.18 Å². The molecule has 0 fully saturated rings. The van der Waals surface area contributed by atoms with Crippen LogP contribution in [0.1, 0.15) is 15.9 Å². The molecule has 0 aliphatic heterocycles. The molecule has 0 heterocycles. The average molecular weight is 289 g/mol. The van der Waals surface area contributed by atoms with Crippen LogP contribution >= 0.6 is 0 Å². The first-order chi connectivity index (χ1) is 10.1. The van der Waals surface area contributed by atoms with E-state index in [1.807, 2.05) is 6.92 Å². The van der Waals surface area contributed by atoms with Gasteiger partial charge in [-0.05, 0) is 42.8 Å². The second kappa shape index (κ2) is 6.74. The van der Waals surface area contributed by atoms with Crippen LogP contribution in [0.25, 0.3) is 0 Å². The third-order valence-electron chi connectivity index (χ3n) is 2.98. The van der Waals surface area contributed by atoms with Gasteiger partial charge in [-0.2, -0.15) is 0 Å².